The molecule has 0 aliphatic carbocycles. The van der Waals surface area contributed by atoms with Crippen LogP contribution in [0.3, 0.4) is 0 Å². The maximum absolute atomic E-state index is 12.1. The molecule has 130 valence electrons. The van der Waals surface area contributed by atoms with Crippen molar-refractivity contribution in [3.8, 4) is 0 Å². The predicted octanol–water partition coefficient (Wildman–Crippen LogP) is 3.36. The van der Waals surface area contributed by atoms with Gasteiger partial charge >= 0.3 is 0 Å². The van der Waals surface area contributed by atoms with Gasteiger partial charge in [0, 0.05) is 6.08 Å². The first kappa shape index (κ1) is 18.4. The van der Waals surface area contributed by atoms with Crippen LogP contribution in [0.5, 0.6) is 0 Å². The average molecular weight is 337 g/mol. The first-order chi connectivity index (χ1) is 12.0. The molecule has 0 fully saturated rings. The smallest absolute Gasteiger partial charge is 0.248 e. The van der Waals surface area contributed by atoms with Gasteiger partial charge in [-0.2, -0.15) is 0 Å². The lowest BCUT2D eigenvalue weighted by molar-refractivity contribution is -0.115. The van der Waals surface area contributed by atoms with Crippen LogP contribution in [-0.4, -0.2) is 18.4 Å². The lowest BCUT2D eigenvalue weighted by Gasteiger charge is -2.10. The van der Waals surface area contributed by atoms with Gasteiger partial charge in [0.25, 0.3) is 0 Å². The number of carbonyl (C=O) groups is 2. The summed E-state index contributed by atoms with van der Waals surface area (Å²) in [5, 5.41) is 5.41. The molecule has 0 saturated heterocycles. The summed E-state index contributed by atoms with van der Waals surface area (Å²) in [5.41, 5.74) is 8.54. The van der Waals surface area contributed by atoms with Crippen molar-refractivity contribution < 1.29 is 9.59 Å². The average Bonchev–Trinajstić information content (AvgIpc) is 2.61. The van der Waals surface area contributed by atoms with Crippen LogP contribution in [0.15, 0.2) is 54.6 Å². The summed E-state index contributed by atoms with van der Waals surface area (Å²) >= 11 is 0. The van der Waals surface area contributed by atoms with Crippen LogP contribution in [0.2, 0.25) is 0 Å². The molecule has 0 aliphatic rings. The Morgan fingerprint density at radius 1 is 1.00 bits per heavy atom. The number of carbonyl (C=O) groups excluding carboxylic acids is 2. The second kappa shape index (κ2) is 8.80. The van der Waals surface area contributed by atoms with Crippen LogP contribution < -0.4 is 16.4 Å². The number of rotatable bonds is 6. The van der Waals surface area contributed by atoms with E-state index >= 15 is 0 Å². The quantitative estimate of drug-likeness (QED) is 0.707. The Hall–Kier alpha value is -2.92. The van der Waals surface area contributed by atoms with Gasteiger partial charge in [-0.1, -0.05) is 50.2 Å². The van der Waals surface area contributed by atoms with Crippen molar-refractivity contribution in [1.82, 2.24) is 0 Å². The first-order valence-corrected chi connectivity index (χ1v) is 8.17. The predicted molar refractivity (Wildman–Crippen MR) is 102 cm³/mol. The summed E-state index contributed by atoms with van der Waals surface area (Å²) in [6, 6.07) is 15.0. The van der Waals surface area contributed by atoms with E-state index in [1.54, 1.807) is 30.3 Å². The molecule has 2 aromatic carbocycles. The maximum atomic E-state index is 12.1. The molecule has 5 heteroatoms. The number of hydrogen-bond acceptors (Lipinski definition) is 3. The molecule has 0 saturated carbocycles. The summed E-state index contributed by atoms with van der Waals surface area (Å²) in [6.45, 7) is 4.16. The molecule has 2 amide bonds. The number of nitrogens with two attached hydrogens (primary N) is 1. The van der Waals surface area contributed by atoms with Crippen molar-refractivity contribution in [2.75, 3.05) is 17.2 Å². The molecule has 0 unspecified atom stereocenters. The normalized spacial score (nSPS) is 10.9. The number of amides is 2. The number of para-hydroxylation sites is 2. The van der Waals surface area contributed by atoms with Gasteiger partial charge in [-0.3, -0.25) is 9.59 Å². The molecular weight excluding hydrogens is 314 g/mol. The maximum Gasteiger partial charge on any atom is 0.248 e. The minimum absolute atomic E-state index is 0.117. The molecule has 0 spiro atoms. The van der Waals surface area contributed by atoms with Crippen molar-refractivity contribution in [2.24, 2.45) is 5.73 Å². The van der Waals surface area contributed by atoms with E-state index in [1.165, 1.54) is 11.6 Å². The van der Waals surface area contributed by atoms with E-state index in [0.717, 1.165) is 5.56 Å². The molecular formula is C20H23N3O2. The third kappa shape index (κ3) is 5.58. The molecule has 0 bridgehead atoms. The van der Waals surface area contributed by atoms with E-state index in [-0.39, 0.29) is 18.4 Å². The molecule has 25 heavy (non-hydrogen) atoms. The van der Waals surface area contributed by atoms with E-state index in [4.69, 9.17) is 5.73 Å². The molecule has 2 aromatic rings. The lowest BCUT2D eigenvalue weighted by Crippen LogP contribution is -2.22. The summed E-state index contributed by atoms with van der Waals surface area (Å²) in [5.74, 6) is -0.119. The van der Waals surface area contributed by atoms with Gasteiger partial charge in [-0.05, 0) is 35.3 Å². The Morgan fingerprint density at radius 2 is 1.60 bits per heavy atom. The molecule has 0 radical (unpaired) electrons. The van der Waals surface area contributed by atoms with Crippen LogP contribution in [-0.2, 0) is 9.59 Å². The van der Waals surface area contributed by atoms with Crippen LogP contribution >= 0.6 is 0 Å². The fraction of sp³-hybridized carbons (Fsp3) is 0.200. The van der Waals surface area contributed by atoms with E-state index in [1.807, 2.05) is 12.1 Å². The van der Waals surface area contributed by atoms with E-state index in [2.05, 4.69) is 36.6 Å². The molecule has 2 rings (SSSR count). The topological polar surface area (TPSA) is 84.2 Å². The van der Waals surface area contributed by atoms with E-state index in [0.29, 0.717) is 17.3 Å². The summed E-state index contributed by atoms with van der Waals surface area (Å²) in [7, 11) is 0. The van der Waals surface area contributed by atoms with Crippen molar-refractivity contribution in [3.63, 3.8) is 0 Å². The van der Waals surface area contributed by atoms with Crippen molar-refractivity contribution in [2.45, 2.75) is 19.8 Å². The van der Waals surface area contributed by atoms with Gasteiger partial charge in [0.15, 0.2) is 0 Å². The van der Waals surface area contributed by atoms with Crippen LogP contribution in [0, 0.1) is 0 Å². The zero-order valence-electron chi connectivity index (χ0n) is 14.5. The lowest BCUT2D eigenvalue weighted by atomic mass is 10.0. The van der Waals surface area contributed by atoms with E-state index in [9.17, 15) is 9.59 Å². The van der Waals surface area contributed by atoms with E-state index < -0.39 is 0 Å². The fourth-order valence-corrected chi connectivity index (χ4v) is 2.24. The zero-order chi connectivity index (χ0) is 18.2. The molecule has 5 nitrogen and oxygen atoms in total. The van der Waals surface area contributed by atoms with Crippen molar-refractivity contribution >= 4 is 29.3 Å². The highest BCUT2D eigenvalue weighted by atomic mass is 16.2. The summed E-state index contributed by atoms with van der Waals surface area (Å²) in [6.07, 6.45) is 3.21. The monoisotopic (exact) mass is 337 g/mol. The Bertz CT molecular complexity index is 765. The number of benzene rings is 2. The third-order valence-electron chi connectivity index (χ3n) is 3.67. The highest BCUT2D eigenvalue weighted by molar-refractivity contribution is 6.05. The molecule has 0 aromatic heterocycles. The Labute approximate surface area is 147 Å². The largest absolute Gasteiger partial charge is 0.323 e. The fourth-order valence-electron chi connectivity index (χ4n) is 2.24. The standard InChI is InChI=1S/C20H23N3O2/c1-14(2)16-10-7-15(8-11-16)9-12-19(24)22-17-5-3-4-6-18(17)23-20(25)13-21/h3-12,14H,13,21H2,1-2H3,(H,22,24)(H,23,25)/b12-9+. The van der Waals surface area contributed by atoms with Crippen molar-refractivity contribution in [1.29, 1.82) is 0 Å². The van der Waals surface area contributed by atoms with Crippen LogP contribution in [0.1, 0.15) is 30.9 Å². The van der Waals surface area contributed by atoms with Crippen LogP contribution in [0.4, 0.5) is 11.4 Å². The number of nitrogens with one attached hydrogen (secondary N) is 2. The SMILES string of the molecule is CC(C)c1ccc(/C=C/C(=O)Nc2ccccc2NC(=O)CN)cc1. The second-order valence-corrected chi connectivity index (χ2v) is 5.94. The summed E-state index contributed by atoms with van der Waals surface area (Å²) < 4.78 is 0. The highest BCUT2D eigenvalue weighted by Crippen LogP contribution is 2.21. The van der Waals surface area contributed by atoms with Gasteiger partial charge in [-0.15, -0.1) is 0 Å². The minimum Gasteiger partial charge on any atom is -0.323 e. The zero-order valence-corrected chi connectivity index (χ0v) is 14.5. The third-order valence-corrected chi connectivity index (χ3v) is 3.67. The minimum atomic E-state index is -0.317. The van der Waals surface area contributed by atoms with Gasteiger partial charge in [0.05, 0.1) is 17.9 Å². The van der Waals surface area contributed by atoms with Gasteiger partial charge < -0.3 is 16.4 Å². The Balaban J connectivity index is 2.03. The van der Waals surface area contributed by atoms with Gasteiger partial charge in [0.1, 0.15) is 0 Å². The number of anilines is 2. The van der Waals surface area contributed by atoms with Gasteiger partial charge in [0.2, 0.25) is 11.8 Å². The number of hydrogen-bond donors (Lipinski definition) is 3. The summed E-state index contributed by atoms with van der Waals surface area (Å²) in [4.78, 5) is 23.6. The second-order valence-electron chi connectivity index (χ2n) is 5.94. The van der Waals surface area contributed by atoms with Crippen LogP contribution in [0.25, 0.3) is 6.08 Å². The molecule has 0 atom stereocenters. The molecule has 4 N–H and O–H groups in total. The first-order valence-electron chi connectivity index (χ1n) is 8.17. The Kier molecular flexibility index (Phi) is 6.48. The molecule has 0 heterocycles. The molecule has 0 aliphatic heterocycles. The highest BCUT2D eigenvalue weighted by Gasteiger charge is 2.07. The Morgan fingerprint density at radius 3 is 2.16 bits per heavy atom. The van der Waals surface area contributed by atoms with Crippen molar-refractivity contribution in [3.05, 3.63) is 65.7 Å². The van der Waals surface area contributed by atoms with Gasteiger partial charge in [-0.25, -0.2) is 0 Å².